The number of hydrogen-bond acceptors (Lipinski definition) is 5. The Balaban J connectivity index is 1.73. The van der Waals surface area contributed by atoms with E-state index in [9.17, 15) is 0 Å². The zero-order valence-corrected chi connectivity index (χ0v) is 18.1. The van der Waals surface area contributed by atoms with E-state index in [-0.39, 0.29) is 0 Å². The lowest BCUT2D eigenvalue weighted by Crippen LogP contribution is -2.38. The molecule has 9 nitrogen and oxygen atoms in total. The summed E-state index contributed by atoms with van der Waals surface area (Å²) in [5.41, 5.74) is 3.10. The first-order valence-corrected chi connectivity index (χ1v) is 10.0. The van der Waals surface area contributed by atoms with E-state index in [1.54, 1.807) is 7.11 Å². The van der Waals surface area contributed by atoms with Crippen molar-refractivity contribution in [2.24, 2.45) is 12.0 Å². The number of ether oxygens (including phenoxy) is 1. The summed E-state index contributed by atoms with van der Waals surface area (Å²) in [5, 5.41) is 19.6. The lowest BCUT2D eigenvalue weighted by atomic mass is 10.2. The minimum absolute atomic E-state index is 0.520. The van der Waals surface area contributed by atoms with Gasteiger partial charge in [0.15, 0.2) is 11.8 Å². The first-order valence-electron chi connectivity index (χ1n) is 10.0. The molecule has 0 amide bonds. The van der Waals surface area contributed by atoms with Gasteiger partial charge in [-0.2, -0.15) is 5.10 Å². The molecule has 2 aromatic heterocycles. The second-order valence-corrected chi connectivity index (χ2v) is 7.04. The smallest absolute Gasteiger partial charge is 0.191 e. The molecule has 0 unspecified atom stereocenters. The number of aryl methyl sites for hydroxylation is 2. The fourth-order valence-corrected chi connectivity index (χ4v) is 2.95. The molecule has 0 saturated heterocycles. The van der Waals surface area contributed by atoms with E-state index in [2.05, 4.69) is 38.1 Å². The highest BCUT2D eigenvalue weighted by atomic mass is 16.5. The molecule has 30 heavy (non-hydrogen) atoms. The highest BCUT2D eigenvalue weighted by Gasteiger charge is 2.08. The van der Waals surface area contributed by atoms with E-state index in [0.29, 0.717) is 19.7 Å². The van der Waals surface area contributed by atoms with Crippen LogP contribution in [-0.2, 0) is 24.9 Å². The predicted molar refractivity (Wildman–Crippen MR) is 117 cm³/mol. The van der Waals surface area contributed by atoms with E-state index in [1.807, 2.05) is 54.5 Å². The molecular formula is C21H30N8O. The Morgan fingerprint density at radius 1 is 1.13 bits per heavy atom. The van der Waals surface area contributed by atoms with Crippen LogP contribution in [0.25, 0.3) is 5.69 Å². The monoisotopic (exact) mass is 410 g/mol. The average molecular weight is 411 g/mol. The van der Waals surface area contributed by atoms with Gasteiger partial charge in [0.2, 0.25) is 0 Å². The molecule has 0 bridgehead atoms. The highest BCUT2D eigenvalue weighted by molar-refractivity contribution is 5.79. The first kappa shape index (κ1) is 21.5. The molecule has 160 valence electrons. The Kier molecular flexibility index (Phi) is 7.56. The van der Waals surface area contributed by atoms with E-state index >= 15 is 0 Å². The fraction of sp³-hybridized carbons (Fsp3) is 0.429. The van der Waals surface area contributed by atoms with Crippen LogP contribution in [0, 0.1) is 13.8 Å². The maximum absolute atomic E-state index is 5.14. The Labute approximate surface area is 177 Å². The largest absolute Gasteiger partial charge is 0.385 e. The van der Waals surface area contributed by atoms with Gasteiger partial charge in [0, 0.05) is 33.5 Å². The summed E-state index contributed by atoms with van der Waals surface area (Å²) in [6.45, 7) is 6.43. The van der Waals surface area contributed by atoms with E-state index in [4.69, 9.17) is 9.73 Å². The number of methoxy groups -OCH3 is 1. The van der Waals surface area contributed by atoms with Crippen LogP contribution in [0.4, 0.5) is 0 Å². The van der Waals surface area contributed by atoms with Gasteiger partial charge in [0.25, 0.3) is 0 Å². The number of guanidine groups is 1. The molecule has 0 atom stereocenters. The van der Waals surface area contributed by atoms with Gasteiger partial charge in [-0.15, -0.1) is 10.2 Å². The highest BCUT2D eigenvalue weighted by Crippen LogP contribution is 2.15. The Bertz CT molecular complexity index is 975. The zero-order valence-electron chi connectivity index (χ0n) is 18.1. The van der Waals surface area contributed by atoms with Gasteiger partial charge in [-0.25, -0.2) is 9.67 Å². The van der Waals surface area contributed by atoms with Crippen molar-refractivity contribution in [3.8, 4) is 5.69 Å². The normalized spacial score (nSPS) is 11.7. The SMILES string of the molecule is COCCCNC(=NCc1ccccc1-n1ccc(C)n1)NCc1nnc(C)n1C. The number of hydrogen-bond donors (Lipinski definition) is 2. The molecule has 0 fully saturated rings. The summed E-state index contributed by atoms with van der Waals surface area (Å²) in [6.07, 6.45) is 2.86. The molecule has 1 aromatic carbocycles. The summed E-state index contributed by atoms with van der Waals surface area (Å²) >= 11 is 0. The summed E-state index contributed by atoms with van der Waals surface area (Å²) in [6, 6.07) is 10.2. The van der Waals surface area contributed by atoms with Gasteiger partial charge in [0.05, 0.1) is 24.5 Å². The molecule has 3 aromatic rings. The molecule has 2 N–H and O–H groups in total. The molecule has 0 saturated carbocycles. The molecule has 9 heteroatoms. The van der Waals surface area contributed by atoms with E-state index < -0.39 is 0 Å². The Morgan fingerprint density at radius 2 is 1.97 bits per heavy atom. The van der Waals surface area contributed by atoms with Crippen LogP contribution < -0.4 is 10.6 Å². The summed E-state index contributed by atoms with van der Waals surface area (Å²) in [7, 11) is 3.66. The van der Waals surface area contributed by atoms with Gasteiger partial charge < -0.3 is 19.9 Å². The summed E-state index contributed by atoms with van der Waals surface area (Å²) in [5.74, 6) is 2.45. The third kappa shape index (κ3) is 5.66. The molecule has 0 spiro atoms. The lowest BCUT2D eigenvalue weighted by molar-refractivity contribution is 0.195. The third-order valence-electron chi connectivity index (χ3n) is 4.78. The van der Waals surface area contributed by atoms with Crippen molar-refractivity contribution in [1.29, 1.82) is 0 Å². The summed E-state index contributed by atoms with van der Waals surface area (Å²) in [4.78, 5) is 4.79. The number of nitrogens with one attached hydrogen (secondary N) is 2. The van der Waals surface area contributed by atoms with Crippen molar-refractivity contribution in [1.82, 2.24) is 35.2 Å². The summed E-state index contributed by atoms with van der Waals surface area (Å²) < 4.78 is 8.99. The van der Waals surface area contributed by atoms with Crippen molar-refractivity contribution < 1.29 is 4.74 Å². The fourth-order valence-electron chi connectivity index (χ4n) is 2.95. The molecule has 0 aliphatic heterocycles. The second kappa shape index (κ2) is 10.5. The van der Waals surface area contributed by atoms with Crippen LogP contribution in [0.2, 0.25) is 0 Å². The van der Waals surface area contributed by atoms with Crippen LogP contribution >= 0.6 is 0 Å². The van der Waals surface area contributed by atoms with Crippen LogP contribution in [0.5, 0.6) is 0 Å². The minimum atomic E-state index is 0.520. The average Bonchev–Trinajstić information content (AvgIpc) is 3.32. The molecule has 0 aliphatic carbocycles. The second-order valence-electron chi connectivity index (χ2n) is 7.04. The first-order chi connectivity index (χ1) is 14.6. The van der Waals surface area contributed by atoms with Crippen molar-refractivity contribution >= 4 is 5.96 Å². The van der Waals surface area contributed by atoms with Crippen molar-refractivity contribution in [3.05, 3.63) is 59.4 Å². The number of nitrogens with zero attached hydrogens (tertiary/aromatic N) is 6. The Hall–Kier alpha value is -3.20. The molecule has 3 rings (SSSR count). The maximum atomic E-state index is 5.14. The van der Waals surface area contributed by atoms with Gasteiger partial charge >= 0.3 is 0 Å². The van der Waals surface area contributed by atoms with Crippen molar-refractivity contribution in [2.75, 3.05) is 20.3 Å². The standard InChI is InChI=1S/C21H30N8O/c1-16-10-12-29(27-16)19-9-6-5-8-18(19)14-23-21(22-11-7-13-30-4)24-15-20-26-25-17(2)28(20)3/h5-6,8-10,12H,7,11,13-15H2,1-4H3,(H2,22,23,24). The predicted octanol–water partition coefficient (Wildman–Crippen LogP) is 1.89. The zero-order chi connectivity index (χ0) is 21.3. The molecule has 0 aliphatic rings. The quantitative estimate of drug-likeness (QED) is 0.318. The lowest BCUT2D eigenvalue weighted by Gasteiger charge is -2.13. The number of para-hydroxylation sites is 1. The van der Waals surface area contributed by atoms with E-state index in [1.165, 1.54) is 0 Å². The van der Waals surface area contributed by atoms with E-state index in [0.717, 1.165) is 47.5 Å². The topological polar surface area (TPSA) is 94.2 Å². The number of rotatable bonds is 9. The van der Waals surface area contributed by atoms with Gasteiger partial charge in [-0.05, 0) is 38.0 Å². The van der Waals surface area contributed by atoms with Crippen molar-refractivity contribution in [2.45, 2.75) is 33.4 Å². The number of aliphatic imine (C=N–C) groups is 1. The van der Waals surface area contributed by atoms with Crippen LogP contribution in [0.1, 0.15) is 29.3 Å². The van der Waals surface area contributed by atoms with Gasteiger partial charge in [-0.3, -0.25) is 0 Å². The maximum Gasteiger partial charge on any atom is 0.191 e. The van der Waals surface area contributed by atoms with Crippen molar-refractivity contribution in [3.63, 3.8) is 0 Å². The van der Waals surface area contributed by atoms with Crippen LogP contribution in [0.15, 0.2) is 41.5 Å². The Morgan fingerprint density at radius 3 is 2.67 bits per heavy atom. The minimum Gasteiger partial charge on any atom is -0.385 e. The molecular weight excluding hydrogens is 380 g/mol. The third-order valence-corrected chi connectivity index (χ3v) is 4.78. The van der Waals surface area contributed by atoms with Gasteiger partial charge in [-0.1, -0.05) is 18.2 Å². The number of benzene rings is 1. The molecule has 0 radical (unpaired) electrons. The van der Waals surface area contributed by atoms with Crippen LogP contribution in [0.3, 0.4) is 0 Å². The number of aromatic nitrogens is 5. The van der Waals surface area contributed by atoms with Crippen LogP contribution in [-0.4, -0.2) is 50.8 Å². The van der Waals surface area contributed by atoms with Gasteiger partial charge in [0.1, 0.15) is 5.82 Å². The molecule has 2 heterocycles.